The number of carbonyl (C=O) groups excluding carboxylic acids is 2. The van der Waals surface area contributed by atoms with Gasteiger partial charge in [-0.25, -0.2) is 9.59 Å². The molecule has 0 unspecified atom stereocenters. The highest BCUT2D eigenvalue weighted by Crippen LogP contribution is 2.39. The lowest BCUT2D eigenvalue weighted by atomic mass is 9.82. The van der Waals surface area contributed by atoms with Gasteiger partial charge in [-0.3, -0.25) is 0 Å². The standard InChI is InChI=1S/C18H18N2O4S/c1-4-24-18(22)14-10(2)20-16(25)13(9-19)15(14)11-5-7-12(8-6-11)17(21)23-3/h5-8,15,20,25H,4H2,1-3H3/t15-/m0/s1. The molecule has 0 aliphatic carbocycles. The number of thiol groups is 1. The van der Waals surface area contributed by atoms with Crippen molar-refractivity contribution in [2.75, 3.05) is 13.7 Å². The van der Waals surface area contributed by atoms with Crippen molar-refractivity contribution in [3.8, 4) is 6.07 Å². The van der Waals surface area contributed by atoms with Crippen LogP contribution in [0.2, 0.25) is 0 Å². The molecule has 1 aromatic rings. The van der Waals surface area contributed by atoms with Crippen molar-refractivity contribution in [2.45, 2.75) is 19.8 Å². The van der Waals surface area contributed by atoms with Crippen LogP contribution in [-0.2, 0) is 14.3 Å². The highest BCUT2D eigenvalue weighted by molar-refractivity contribution is 7.84. The molecule has 1 aliphatic rings. The summed E-state index contributed by atoms with van der Waals surface area (Å²) in [7, 11) is 1.30. The van der Waals surface area contributed by atoms with Gasteiger partial charge in [0.2, 0.25) is 0 Å². The Balaban J connectivity index is 2.54. The molecule has 0 amide bonds. The Bertz CT molecular complexity index is 803. The minimum atomic E-state index is -0.621. The van der Waals surface area contributed by atoms with Gasteiger partial charge in [0.25, 0.3) is 0 Å². The number of benzene rings is 1. The van der Waals surface area contributed by atoms with Crippen molar-refractivity contribution >= 4 is 24.6 Å². The molecule has 1 aromatic carbocycles. The largest absolute Gasteiger partial charge is 0.465 e. The number of allylic oxidation sites excluding steroid dienone is 2. The molecule has 25 heavy (non-hydrogen) atoms. The molecule has 1 aliphatic heterocycles. The Morgan fingerprint density at radius 3 is 2.44 bits per heavy atom. The molecule has 0 aromatic heterocycles. The van der Waals surface area contributed by atoms with Crippen LogP contribution in [0.25, 0.3) is 0 Å². The van der Waals surface area contributed by atoms with Gasteiger partial charge < -0.3 is 14.8 Å². The van der Waals surface area contributed by atoms with Crippen molar-refractivity contribution in [1.82, 2.24) is 5.32 Å². The fourth-order valence-electron chi connectivity index (χ4n) is 2.67. The Morgan fingerprint density at radius 1 is 1.28 bits per heavy atom. The molecule has 0 saturated carbocycles. The molecule has 1 heterocycles. The number of hydrogen-bond acceptors (Lipinski definition) is 7. The summed E-state index contributed by atoms with van der Waals surface area (Å²) in [6.07, 6.45) is 0. The number of carbonyl (C=O) groups is 2. The van der Waals surface area contributed by atoms with Crippen LogP contribution >= 0.6 is 12.6 Å². The first kappa shape index (κ1) is 18.6. The van der Waals surface area contributed by atoms with E-state index in [0.29, 0.717) is 33.0 Å². The smallest absolute Gasteiger partial charge is 0.337 e. The van der Waals surface area contributed by atoms with Crippen LogP contribution in [0.5, 0.6) is 0 Å². The first-order valence-electron chi connectivity index (χ1n) is 7.61. The highest BCUT2D eigenvalue weighted by atomic mass is 32.1. The molecule has 0 saturated heterocycles. The van der Waals surface area contributed by atoms with Gasteiger partial charge in [0, 0.05) is 5.70 Å². The number of dihydropyridines is 1. The van der Waals surface area contributed by atoms with Crippen molar-refractivity contribution < 1.29 is 19.1 Å². The van der Waals surface area contributed by atoms with Crippen molar-refractivity contribution in [3.05, 3.63) is 57.3 Å². The monoisotopic (exact) mass is 358 g/mol. The lowest BCUT2D eigenvalue weighted by Crippen LogP contribution is -2.28. The van der Waals surface area contributed by atoms with Crippen molar-refractivity contribution in [3.63, 3.8) is 0 Å². The molecule has 1 N–H and O–H groups in total. The minimum Gasteiger partial charge on any atom is -0.465 e. The van der Waals surface area contributed by atoms with Gasteiger partial charge in [0.1, 0.15) is 0 Å². The number of nitrogens with one attached hydrogen (secondary N) is 1. The highest BCUT2D eigenvalue weighted by Gasteiger charge is 2.34. The van der Waals surface area contributed by atoms with Crippen LogP contribution in [0.4, 0.5) is 0 Å². The van der Waals surface area contributed by atoms with E-state index in [-0.39, 0.29) is 6.61 Å². The second-order valence-electron chi connectivity index (χ2n) is 5.30. The van der Waals surface area contributed by atoms with Gasteiger partial charge in [0.15, 0.2) is 0 Å². The lowest BCUT2D eigenvalue weighted by Gasteiger charge is -2.28. The normalized spacial score (nSPS) is 16.8. The van der Waals surface area contributed by atoms with Gasteiger partial charge in [-0.05, 0) is 31.5 Å². The fourth-order valence-corrected chi connectivity index (χ4v) is 3.02. The summed E-state index contributed by atoms with van der Waals surface area (Å²) in [5.41, 5.74) is 2.29. The first-order valence-corrected chi connectivity index (χ1v) is 8.05. The summed E-state index contributed by atoms with van der Waals surface area (Å²) >= 11 is 4.32. The van der Waals surface area contributed by atoms with Crippen LogP contribution in [0.1, 0.15) is 35.7 Å². The van der Waals surface area contributed by atoms with Gasteiger partial charge in [-0.15, -0.1) is 12.6 Å². The van der Waals surface area contributed by atoms with E-state index >= 15 is 0 Å². The summed E-state index contributed by atoms with van der Waals surface area (Å²) < 4.78 is 9.83. The van der Waals surface area contributed by atoms with Crippen LogP contribution in [0, 0.1) is 11.3 Å². The van der Waals surface area contributed by atoms with E-state index in [2.05, 4.69) is 28.8 Å². The fraction of sp³-hybridized carbons (Fsp3) is 0.278. The summed E-state index contributed by atoms with van der Waals surface area (Å²) in [5, 5.41) is 12.9. The van der Waals surface area contributed by atoms with Gasteiger partial charge >= 0.3 is 11.9 Å². The number of nitriles is 1. The topological polar surface area (TPSA) is 88.4 Å². The molecule has 0 fully saturated rings. The SMILES string of the molecule is CCOC(=O)C1=C(C)NC(S)=C(C#N)[C@@H]1c1ccc(C(=O)OC)cc1. The molecule has 0 bridgehead atoms. The molecular weight excluding hydrogens is 340 g/mol. The van der Waals surface area contributed by atoms with Gasteiger partial charge in [0.05, 0.1) is 47.4 Å². The molecule has 2 rings (SSSR count). The Hall–Kier alpha value is -2.72. The van der Waals surface area contributed by atoms with Crippen molar-refractivity contribution in [1.29, 1.82) is 5.26 Å². The maximum Gasteiger partial charge on any atom is 0.337 e. The van der Waals surface area contributed by atoms with E-state index in [1.54, 1.807) is 38.1 Å². The van der Waals surface area contributed by atoms with Crippen LogP contribution in [0.15, 0.2) is 46.1 Å². The number of rotatable bonds is 4. The number of esters is 2. The Kier molecular flexibility index (Phi) is 5.88. The van der Waals surface area contributed by atoms with E-state index in [9.17, 15) is 14.9 Å². The number of ether oxygens (including phenoxy) is 2. The average Bonchev–Trinajstić information content (AvgIpc) is 2.60. The summed E-state index contributed by atoms with van der Waals surface area (Å²) in [6.45, 7) is 3.67. The van der Waals surface area contributed by atoms with Crippen LogP contribution in [-0.4, -0.2) is 25.7 Å². The molecule has 6 nitrogen and oxygen atoms in total. The average molecular weight is 358 g/mol. The number of methoxy groups -OCH3 is 1. The second-order valence-corrected chi connectivity index (χ2v) is 5.75. The van der Waals surface area contributed by atoms with E-state index in [1.165, 1.54) is 7.11 Å². The van der Waals surface area contributed by atoms with E-state index in [0.717, 1.165) is 0 Å². The molecule has 1 atom stereocenters. The minimum absolute atomic E-state index is 0.225. The summed E-state index contributed by atoms with van der Waals surface area (Å²) in [6, 6.07) is 8.66. The first-order chi connectivity index (χ1) is 11.9. The second kappa shape index (κ2) is 7.90. The van der Waals surface area contributed by atoms with E-state index in [4.69, 9.17) is 4.74 Å². The van der Waals surface area contributed by atoms with Crippen molar-refractivity contribution in [2.24, 2.45) is 0 Å². The summed E-state index contributed by atoms with van der Waals surface area (Å²) in [5.74, 6) is -1.58. The summed E-state index contributed by atoms with van der Waals surface area (Å²) in [4.78, 5) is 24.0. The maximum atomic E-state index is 12.4. The Morgan fingerprint density at radius 2 is 1.92 bits per heavy atom. The van der Waals surface area contributed by atoms with Crippen LogP contribution < -0.4 is 5.32 Å². The van der Waals surface area contributed by atoms with Crippen LogP contribution in [0.3, 0.4) is 0 Å². The van der Waals surface area contributed by atoms with E-state index in [1.807, 2.05) is 0 Å². The molecule has 7 heteroatoms. The maximum absolute atomic E-state index is 12.4. The third kappa shape index (κ3) is 3.69. The van der Waals surface area contributed by atoms with Gasteiger partial charge in [-0.2, -0.15) is 5.26 Å². The Labute approximate surface area is 151 Å². The van der Waals surface area contributed by atoms with E-state index < -0.39 is 17.9 Å². The third-order valence-electron chi connectivity index (χ3n) is 3.82. The third-order valence-corrected chi connectivity index (χ3v) is 4.18. The molecular formula is C18H18N2O4S. The predicted octanol–water partition coefficient (Wildman–Crippen LogP) is 2.66. The zero-order valence-corrected chi connectivity index (χ0v) is 15.0. The zero-order valence-electron chi connectivity index (χ0n) is 14.1. The lowest BCUT2D eigenvalue weighted by molar-refractivity contribution is -0.138. The number of hydrogen-bond donors (Lipinski definition) is 2. The quantitative estimate of drug-likeness (QED) is 0.635. The van der Waals surface area contributed by atoms with Gasteiger partial charge in [-0.1, -0.05) is 12.1 Å². The number of nitrogens with zero attached hydrogens (tertiary/aromatic N) is 1. The zero-order chi connectivity index (χ0) is 18.6. The predicted molar refractivity (Wildman–Crippen MR) is 94.6 cm³/mol. The molecule has 0 radical (unpaired) electrons. The molecule has 130 valence electrons. The molecule has 0 spiro atoms.